The number of carbonyl (C=O) groups is 1. The van der Waals surface area contributed by atoms with Gasteiger partial charge in [0.1, 0.15) is 0 Å². The van der Waals surface area contributed by atoms with Gasteiger partial charge in [-0.25, -0.2) is 0 Å². The van der Waals surface area contributed by atoms with E-state index in [1.807, 2.05) is 0 Å². The number of rotatable bonds is 9. The van der Waals surface area contributed by atoms with Crippen LogP contribution in [0.15, 0.2) is 0 Å². The van der Waals surface area contributed by atoms with Crippen molar-refractivity contribution in [1.29, 1.82) is 5.26 Å². The van der Waals surface area contributed by atoms with Crippen LogP contribution in [0.5, 0.6) is 0 Å². The van der Waals surface area contributed by atoms with Crippen LogP contribution >= 0.6 is 0 Å². The van der Waals surface area contributed by atoms with Gasteiger partial charge in [-0.2, -0.15) is 5.26 Å². The second-order valence-electron chi connectivity index (χ2n) is 4.90. The second kappa shape index (κ2) is 10.1. The molecule has 0 radical (unpaired) electrons. The van der Waals surface area contributed by atoms with Crippen LogP contribution in [-0.2, 0) is 4.79 Å². The molecule has 0 aromatic carbocycles. The van der Waals surface area contributed by atoms with E-state index in [2.05, 4.69) is 25.2 Å². The zero-order valence-corrected chi connectivity index (χ0v) is 11.0. The van der Waals surface area contributed by atoms with E-state index in [0.717, 1.165) is 19.3 Å². The third-order valence-corrected chi connectivity index (χ3v) is 2.65. The Hall–Kier alpha value is -1.08. The molecule has 17 heavy (non-hydrogen) atoms. The van der Waals surface area contributed by atoms with E-state index in [-0.39, 0.29) is 11.8 Å². The van der Waals surface area contributed by atoms with Crippen molar-refractivity contribution in [2.75, 3.05) is 13.1 Å². The van der Waals surface area contributed by atoms with E-state index in [1.54, 1.807) is 0 Å². The van der Waals surface area contributed by atoms with E-state index in [1.165, 1.54) is 0 Å². The molecule has 0 saturated heterocycles. The molecule has 1 atom stereocenters. The number of nitrogens with one attached hydrogen (secondary N) is 1. The van der Waals surface area contributed by atoms with Crippen LogP contribution < -0.4 is 11.1 Å². The molecule has 0 aromatic heterocycles. The van der Waals surface area contributed by atoms with Gasteiger partial charge in [0.15, 0.2) is 0 Å². The Balaban J connectivity index is 3.65. The normalized spacial score (nSPS) is 12.2. The Labute approximate surface area is 105 Å². The van der Waals surface area contributed by atoms with Crippen molar-refractivity contribution in [2.24, 2.45) is 17.6 Å². The largest absolute Gasteiger partial charge is 0.356 e. The Kier molecular flexibility index (Phi) is 9.46. The van der Waals surface area contributed by atoms with Gasteiger partial charge in [-0.15, -0.1) is 0 Å². The maximum absolute atomic E-state index is 11.6. The molecule has 0 spiro atoms. The molecule has 0 saturated carbocycles. The Morgan fingerprint density at radius 3 is 2.65 bits per heavy atom. The lowest BCUT2D eigenvalue weighted by Gasteiger charge is -2.16. The maximum Gasteiger partial charge on any atom is 0.220 e. The SMILES string of the molecule is CC(C)CC(CN)CC(=O)NCCCCC#N. The lowest BCUT2D eigenvalue weighted by molar-refractivity contribution is -0.122. The Morgan fingerprint density at radius 1 is 1.41 bits per heavy atom. The molecule has 4 nitrogen and oxygen atoms in total. The minimum atomic E-state index is 0.0815. The quantitative estimate of drug-likeness (QED) is 0.602. The first-order valence-electron chi connectivity index (χ1n) is 6.43. The van der Waals surface area contributed by atoms with E-state index in [0.29, 0.717) is 31.8 Å². The summed E-state index contributed by atoms with van der Waals surface area (Å²) in [5.41, 5.74) is 5.65. The van der Waals surface area contributed by atoms with Gasteiger partial charge < -0.3 is 11.1 Å². The predicted molar refractivity (Wildman–Crippen MR) is 69.1 cm³/mol. The van der Waals surface area contributed by atoms with Gasteiger partial charge in [0.25, 0.3) is 0 Å². The number of unbranched alkanes of at least 4 members (excludes halogenated alkanes) is 2. The molecular weight excluding hydrogens is 214 g/mol. The van der Waals surface area contributed by atoms with Gasteiger partial charge in [-0.1, -0.05) is 13.8 Å². The average Bonchev–Trinajstić information content (AvgIpc) is 2.27. The molecule has 0 fully saturated rings. The first-order chi connectivity index (χ1) is 8.10. The molecule has 1 unspecified atom stereocenters. The molecule has 1 amide bonds. The summed E-state index contributed by atoms with van der Waals surface area (Å²) in [7, 11) is 0. The summed E-state index contributed by atoms with van der Waals surface area (Å²) in [6.07, 6.45) is 3.81. The van der Waals surface area contributed by atoms with Gasteiger partial charge in [0, 0.05) is 19.4 Å². The van der Waals surface area contributed by atoms with Gasteiger partial charge in [0.05, 0.1) is 6.07 Å². The highest BCUT2D eigenvalue weighted by Gasteiger charge is 2.13. The fourth-order valence-corrected chi connectivity index (χ4v) is 1.82. The van der Waals surface area contributed by atoms with Crippen molar-refractivity contribution in [3.8, 4) is 6.07 Å². The molecule has 98 valence electrons. The van der Waals surface area contributed by atoms with Gasteiger partial charge in [-0.3, -0.25) is 4.79 Å². The lowest BCUT2D eigenvalue weighted by Crippen LogP contribution is -2.29. The highest BCUT2D eigenvalue weighted by molar-refractivity contribution is 5.76. The highest BCUT2D eigenvalue weighted by Crippen LogP contribution is 2.13. The third-order valence-electron chi connectivity index (χ3n) is 2.65. The second-order valence-corrected chi connectivity index (χ2v) is 4.90. The average molecular weight is 239 g/mol. The summed E-state index contributed by atoms with van der Waals surface area (Å²) in [6.45, 7) is 5.52. The smallest absolute Gasteiger partial charge is 0.220 e. The zero-order chi connectivity index (χ0) is 13.1. The van der Waals surface area contributed by atoms with E-state index in [4.69, 9.17) is 11.0 Å². The first-order valence-corrected chi connectivity index (χ1v) is 6.43. The molecule has 3 N–H and O–H groups in total. The number of nitriles is 1. The van der Waals surface area contributed by atoms with Gasteiger partial charge in [0.2, 0.25) is 5.91 Å². The summed E-state index contributed by atoms with van der Waals surface area (Å²) in [5.74, 6) is 0.944. The van der Waals surface area contributed by atoms with Crippen LogP contribution in [-0.4, -0.2) is 19.0 Å². The van der Waals surface area contributed by atoms with Gasteiger partial charge in [-0.05, 0) is 37.6 Å². The first kappa shape index (κ1) is 15.9. The number of amides is 1. The van der Waals surface area contributed by atoms with E-state index in [9.17, 15) is 4.79 Å². The Bertz CT molecular complexity index is 246. The molecule has 0 aliphatic carbocycles. The highest BCUT2D eigenvalue weighted by atomic mass is 16.1. The fourth-order valence-electron chi connectivity index (χ4n) is 1.82. The van der Waals surface area contributed by atoms with Crippen LogP contribution in [0.2, 0.25) is 0 Å². The standard InChI is InChI=1S/C13H25N3O/c1-11(2)8-12(10-15)9-13(17)16-7-5-3-4-6-14/h11-12H,3-5,7-10,15H2,1-2H3,(H,16,17). The van der Waals surface area contributed by atoms with Crippen molar-refractivity contribution >= 4 is 5.91 Å². The van der Waals surface area contributed by atoms with Crippen molar-refractivity contribution in [3.63, 3.8) is 0 Å². The number of hydrogen-bond acceptors (Lipinski definition) is 3. The minimum Gasteiger partial charge on any atom is -0.356 e. The Morgan fingerprint density at radius 2 is 2.12 bits per heavy atom. The van der Waals surface area contributed by atoms with Crippen LogP contribution in [0.4, 0.5) is 0 Å². The number of nitrogens with zero attached hydrogens (tertiary/aromatic N) is 1. The van der Waals surface area contributed by atoms with Crippen LogP contribution in [0, 0.1) is 23.2 Å². The van der Waals surface area contributed by atoms with Crippen molar-refractivity contribution in [2.45, 2.75) is 46.0 Å². The van der Waals surface area contributed by atoms with Crippen molar-refractivity contribution in [3.05, 3.63) is 0 Å². The summed E-state index contributed by atoms with van der Waals surface area (Å²) >= 11 is 0. The van der Waals surface area contributed by atoms with E-state index >= 15 is 0 Å². The number of carbonyl (C=O) groups excluding carboxylic acids is 1. The number of nitrogens with two attached hydrogens (primary N) is 1. The summed E-state index contributed by atoms with van der Waals surface area (Å²) in [5, 5.41) is 11.2. The van der Waals surface area contributed by atoms with Gasteiger partial charge >= 0.3 is 0 Å². The van der Waals surface area contributed by atoms with E-state index < -0.39 is 0 Å². The molecule has 0 heterocycles. The summed E-state index contributed by atoms with van der Waals surface area (Å²) in [4.78, 5) is 11.6. The topological polar surface area (TPSA) is 78.9 Å². The molecular formula is C13H25N3O. The van der Waals surface area contributed by atoms with Crippen LogP contribution in [0.3, 0.4) is 0 Å². The van der Waals surface area contributed by atoms with Crippen molar-refractivity contribution < 1.29 is 4.79 Å². The maximum atomic E-state index is 11.6. The lowest BCUT2D eigenvalue weighted by atomic mass is 9.94. The number of hydrogen-bond donors (Lipinski definition) is 2. The molecule has 0 aliphatic rings. The fraction of sp³-hybridized carbons (Fsp3) is 0.846. The van der Waals surface area contributed by atoms with Crippen LogP contribution in [0.25, 0.3) is 0 Å². The molecule has 0 rings (SSSR count). The predicted octanol–water partition coefficient (Wildman–Crippen LogP) is 1.81. The summed E-state index contributed by atoms with van der Waals surface area (Å²) in [6, 6.07) is 2.09. The zero-order valence-electron chi connectivity index (χ0n) is 11.0. The van der Waals surface area contributed by atoms with Crippen molar-refractivity contribution in [1.82, 2.24) is 5.32 Å². The minimum absolute atomic E-state index is 0.0815. The molecule has 0 aliphatic heterocycles. The third kappa shape index (κ3) is 9.83. The summed E-state index contributed by atoms with van der Waals surface area (Å²) < 4.78 is 0. The van der Waals surface area contributed by atoms with Crippen LogP contribution in [0.1, 0.15) is 46.0 Å². The molecule has 0 aromatic rings. The molecule has 0 bridgehead atoms. The molecule has 4 heteroatoms. The monoisotopic (exact) mass is 239 g/mol.